The van der Waals surface area contributed by atoms with E-state index in [-0.39, 0.29) is 12.2 Å². The third-order valence-electron chi connectivity index (χ3n) is 4.49. The first-order chi connectivity index (χ1) is 15.3. The first kappa shape index (κ1) is 23.3. The van der Waals surface area contributed by atoms with Crippen LogP contribution in [-0.2, 0) is 19.1 Å². The Morgan fingerprint density at radius 2 is 1.84 bits per heavy atom. The highest BCUT2D eigenvalue weighted by molar-refractivity contribution is 9.10. The van der Waals surface area contributed by atoms with E-state index in [1.807, 2.05) is 13.0 Å². The predicted octanol–water partition coefficient (Wildman–Crippen LogP) is 3.64. The Morgan fingerprint density at radius 1 is 1.12 bits per heavy atom. The highest BCUT2D eigenvalue weighted by Crippen LogP contribution is 2.36. The molecule has 0 aromatic heterocycles. The van der Waals surface area contributed by atoms with E-state index < -0.39 is 23.9 Å². The quantitative estimate of drug-likeness (QED) is 0.336. The van der Waals surface area contributed by atoms with Crippen LogP contribution in [0.3, 0.4) is 0 Å². The van der Waals surface area contributed by atoms with Crippen molar-refractivity contribution in [2.24, 2.45) is 0 Å². The van der Waals surface area contributed by atoms with Crippen molar-refractivity contribution in [3.8, 4) is 11.5 Å². The van der Waals surface area contributed by atoms with Gasteiger partial charge in [-0.2, -0.15) is 0 Å². The molecule has 2 amide bonds. The number of ether oxygens (including phenoxy) is 3. The fraction of sp³-hybridized carbons (Fsp3) is 0.261. The second kappa shape index (κ2) is 10.3. The van der Waals surface area contributed by atoms with Gasteiger partial charge in [-0.15, -0.1) is 0 Å². The molecule has 32 heavy (non-hydrogen) atoms. The topological polar surface area (TPSA) is 94.2 Å². The Balaban J connectivity index is 1.92. The predicted molar refractivity (Wildman–Crippen MR) is 122 cm³/mol. The van der Waals surface area contributed by atoms with Crippen molar-refractivity contribution >= 4 is 45.5 Å². The van der Waals surface area contributed by atoms with Crippen LogP contribution in [0.25, 0.3) is 6.08 Å². The van der Waals surface area contributed by atoms with Gasteiger partial charge in [0.05, 0.1) is 18.9 Å². The minimum atomic E-state index is -0.841. The van der Waals surface area contributed by atoms with E-state index in [1.165, 1.54) is 11.1 Å². The number of halogens is 1. The average molecular weight is 503 g/mol. The number of anilines is 1. The highest BCUT2D eigenvalue weighted by Gasteiger charge is 2.34. The molecule has 0 radical (unpaired) electrons. The first-order valence-electron chi connectivity index (χ1n) is 10.1. The van der Waals surface area contributed by atoms with Gasteiger partial charge in [0, 0.05) is 4.47 Å². The summed E-state index contributed by atoms with van der Waals surface area (Å²) in [5.74, 6) is -0.784. The van der Waals surface area contributed by atoms with Crippen molar-refractivity contribution in [1.82, 2.24) is 5.43 Å². The van der Waals surface area contributed by atoms with E-state index in [2.05, 4.69) is 21.4 Å². The second-order valence-corrected chi connectivity index (χ2v) is 7.59. The lowest BCUT2D eigenvalue weighted by atomic mass is 10.1. The molecule has 1 N–H and O–H groups in total. The maximum absolute atomic E-state index is 12.8. The van der Waals surface area contributed by atoms with Gasteiger partial charge in [-0.05, 0) is 56.7 Å². The minimum absolute atomic E-state index is 0.0226. The molecule has 1 atom stereocenters. The number of hydrazine groups is 1. The number of para-hydroxylation sites is 1. The molecule has 8 nitrogen and oxygen atoms in total. The van der Waals surface area contributed by atoms with Crippen molar-refractivity contribution in [2.75, 3.05) is 18.2 Å². The van der Waals surface area contributed by atoms with Gasteiger partial charge in [0.15, 0.2) is 17.6 Å². The van der Waals surface area contributed by atoms with Crippen LogP contribution in [0.4, 0.5) is 5.69 Å². The molecular weight excluding hydrogens is 480 g/mol. The molecule has 1 aliphatic heterocycles. The van der Waals surface area contributed by atoms with Gasteiger partial charge in [0.25, 0.3) is 11.8 Å². The second-order valence-electron chi connectivity index (χ2n) is 6.74. The summed E-state index contributed by atoms with van der Waals surface area (Å²) < 4.78 is 16.9. The summed E-state index contributed by atoms with van der Waals surface area (Å²) in [4.78, 5) is 37.2. The van der Waals surface area contributed by atoms with Gasteiger partial charge in [-0.25, -0.2) is 9.80 Å². The highest BCUT2D eigenvalue weighted by atomic mass is 79.9. The molecule has 2 aromatic carbocycles. The van der Waals surface area contributed by atoms with E-state index >= 15 is 0 Å². The maximum atomic E-state index is 12.8. The van der Waals surface area contributed by atoms with Crippen LogP contribution < -0.4 is 19.9 Å². The molecule has 168 valence electrons. The van der Waals surface area contributed by atoms with Crippen molar-refractivity contribution in [3.63, 3.8) is 0 Å². The zero-order chi connectivity index (χ0) is 23.3. The molecule has 2 aromatic rings. The largest absolute Gasteiger partial charge is 0.490 e. The fourth-order valence-corrected chi connectivity index (χ4v) is 3.43. The average Bonchev–Trinajstić information content (AvgIpc) is 3.05. The molecule has 3 rings (SSSR count). The number of amides is 2. The Morgan fingerprint density at radius 3 is 2.50 bits per heavy atom. The van der Waals surface area contributed by atoms with Gasteiger partial charge < -0.3 is 14.2 Å². The number of carbonyl (C=O) groups excluding carboxylic acids is 3. The number of hydrogen-bond donors (Lipinski definition) is 1. The van der Waals surface area contributed by atoms with Crippen molar-refractivity contribution in [1.29, 1.82) is 0 Å². The van der Waals surface area contributed by atoms with E-state index in [1.54, 1.807) is 50.2 Å². The molecule has 1 saturated heterocycles. The van der Waals surface area contributed by atoms with E-state index in [4.69, 9.17) is 14.2 Å². The molecular formula is C23H23BrN2O6. The molecule has 0 bridgehead atoms. The molecule has 1 heterocycles. The zero-order valence-electron chi connectivity index (χ0n) is 17.9. The van der Waals surface area contributed by atoms with E-state index in [9.17, 15) is 14.4 Å². The summed E-state index contributed by atoms with van der Waals surface area (Å²) in [5, 5.41) is 1.20. The van der Waals surface area contributed by atoms with Crippen LogP contribution in [0.1, 0.15) is 26.3 Å². The molecule has 0 aliphatic carbocycles. The number of hydrogen-bond acceptors (Lipinski definition) is 6. The molecule has 9 heteroatoms. The summed E-state index contributed by atoms with van der Waals surface area (Å²) in [5.41, 5.74) is 3.64. The third-order valence-corrected chi connectivity index (χ3v) is 5.18. The number of esters is 1. The van der Waals surface area contributed by atoms with E-state index in [0.717, 1.165) is 0 Å². The summed E-state index contributed by atoms with van der Waals surface area (Å²) >= 11 is 3.44. The lowest BCUT2D eigenvalue weighted by molar-refractivity contribution is -0.150. The zero-order valence-corrected chi connectivity index (χ0v) is 19.5. The van der Waals surface area contributed by atoms with E-state index in [0.29, 0.717) is 33.8 Å². The molecule has 1 aliphatic rings. The number of rotatable bonds is 8. The number of nitrogens with one attached hydrogen (secondary N) is 1. The summed E-state index contributed by atoms with van der Waals surface area (Å²) in [7, 11) is 0. The first-order valence-corrected chi connectivity index (χ1v) is 10.9. The fourth-order valence-electron chi connectivity index (χ4n) is 2.99. The van der Waals surface area contributed by atoms with Gasteiger partial charge in [0.2, 0.25) is 0 Å². The Labute approximate surface area is 194 Å². The summed E-state index contributed by atoms with van der Waals surface area (Å²) in [6, 6.07) is 12.1. The monoisotopic (exact) mass is 502 g/mol. The lowest BCUT2D eigenvalue weighted by Crippen LogP contribution is -2.35. The molecule has 1 fully saturated rings. The molecule has 0 saturated carbocycles. The minimum Gasteiger partial charge on any atom is -0.490 e. The van der Waals surface area contributed by atoms with Gasteiger partial charge in [-0.1, -0.05) is 34.1 Å². The number of carbonyl (C=O) groups is 3. The standard InChI is InChI=1S/C23H23BrN2O6/c1-4-30-19-12-15(18(24)13-20(19)32-14(3)23(29)31-5-2)11-17-21(27)25-26(22(17)28)16-9-7-6-8-10-16/h6-14H,4-5H2,1-3H3,(H,25,27)/b17-11-/t14-/m1/s1. The van der Waals surface area contributed by atoms with Crippen LogP contribution in [0.15, 0.2) is 52.5 Å². The molecule has 0 unspecified atom stereocenters. The van der Waals surface area contributed by atoms with Gasteiger partial charge in [-0.3, -0.25) is 15.0 Å². The Bertz CT molecular complexity index is 1050. The van der Waals surface area contributed by atoms with Crippen molar-refractivity contribution in [2.45, 2.75) is 26.9 Å². The summed E-state index contributed by atoms with van der Waals surface area (Å²) in [6.45, 7) is 5.70. The number of benzene rings is 2. The number of nitrogens with zero attached hydrogens (tertiary/aromatic N) is 1. The van der Waals surface area contributed by atoms with Crippen molar-refractivity contribution in [3.05, 3.63) is 58.1 Å². The van der Waals surface area contributed by atoms with Crippen LogP contribution in [0, 0.1) is 0 Å². The van der Waals surface area contributed by atoms with Crippen LogP contribution in [0.5, 0.6) is 11.5 Å². The Kier molecular flexibility index (Phi) is 7.53. The third kappa shape index (κ3) is 5.11. The molecule has 0 spiro atoms. The summed E-state index contributed by atoms with van der Waals surface area (Å²) in [6.07, 6.45) is 0.637. The smallest absolute Gasteiger partial charge is 0.347 e. The van der Waals surface area contributed by atoms with Crippen LogP contribution >= 0.6 is 15.9 Å². The lowest BCUT2D eigenvalue weighted by Gasteiger charge is -2.17. The Hall–Kier alpha value is -3.33. The normalized spacial score (nSPS) is 15.5. The van der Waals surface area contributed by atoms with Gasteiger partial charge in [0.1, 0.15) is 5.57 Å². The van der Waals surface area contributed by atoms with Crippen LogP contribution in [-0.4, -0.2) is 37.1 Å². The van der Waals surface area contributed by atoms with Crippen molar-refractivity contribution < 1.29 is 28.6 Å². The van der Waals surface area contributed by atoms with Crippen LogP contribution in [0.2, 0.25) is 0 Å². The maximum Gasteiger partial charge on any atom is 0.347 e. The van der Waals surface area contributed by atoms with Gasteiger partial charge >= 0.3 is 5.97 Å². The SMILES string of the molecule is CCOC(=O)[C@@H](C)Oc1cc(Br)c(/C=C2/C(=O)NN(c3ccccc3)C2=O)cc1OCC.